The molecule has 0 bridgehead atoms. The summed E-state index contributed by atoms with van der Waals surface area (Å²) in [4.78, 5) is 0. The molecule has 0 aromatic carbocycles. The molecule has 3 heteroatoms. The molecule has 164 valence electrons. The van der Waals surface area contributed by atoms with Crippen molar-refractivity contribution in [1.82, 2.24) is 0 Å². The quantitative estimate of drug-likeness (QED) is 0.272. The largest absolute Gasteiger partial charge is 0.384 e. The van der Waals surface area contributed by atoms with E-state index in [1.54, 1.807) is 0 Å². The van der Waals surface area contributed by atoms with Gasteiger partial charge in [-0.25, -0.2) is 0 Å². The standard InChI is InChI=1S/C26H42O3/c1-24(2)18-12-7-3-4-8-13-19-25(28)20-14-9-5-6-10-15-21-26(29)22-16-11-17-23-27/h24-29H,3-10,12,14-15,18,20-21,23H2,1-2H3/t25-,26-/m1/s1. The van der Waals surface area contributed by atoms with E-state index in [1.165, 1.54) is 25.7 Å². The minimum Gasteiger partial charge on any atom is -0.384 e. The molecule has 0 aliphatic rings. The molecule has 0 aromatic heterocycles. The van der Waals surface area contributed by atoms with Crippen LogP contribution in [-0.2, 0) is 0 Å². The summed E-state index contributed by atoms with van der Waals surface area (Å²) in [6, 6.07) is 0. The van der Waals surface area contributed by atoms with Crippen LogP contribution in [0.25, 0.3) is 0 Å². The number of hydrogen-bond acceptors (Lipinski definition) is 3. The topological polar surface area (TPSA) is 60.7 Å². The van der Waals surface area contributed by atoms with Crippen LogP contribution in [0.15, 0.2) is 0 Å². The van der Waals surface area contributed by atoms with Gasteiger partial charge >= 0.3 is 0 Å². The fourth-order valence-electron chi connectivity index (χ4n) is 3.04. The fraction of sp³-hybridized carbons (Fsp3) is 0.769. The number of rotatable bonds is 15. The lowest BCUT2D eigenvalue weighted by Crippen LogP contribution is -2.02. The Hall–Kier alpha value is -1.44. The first kappa shape index (κ1) is 27.6. The summed E-state index contributed by atoms with van der Waals surface area (Å²) in [7, 11) is 0. The maximum absolute atomic E-state index is 9.92. The molecule has 0 saturated heterocycles. The van der Waals surface area contributed by atoms with Crippen molar-refractivity contribution in [3.8, 4) is 35.5 Å². The van der Waals surface area contributed by atoms with Crippen molar-refractivity contribution in [3.05, 3.63) is 0 Å². The zero-order valence-corrected chi connectivity index (χ0v) is 18.7. The Morgan fingerprint density at radius 1 is 0.586 bits per heavy atom. The summed E-state index contributed by atoms with van der Waals surface area (Å²) in [5, 5.41) is 28.1. The molecular weight excluding hydrogens is 360 g/mol. The highest BCUT2D eigenvalue weighted by molar-refractivity contribution is 5.27. The zero-order chi connectivity index (χ0) is 21.6. The van der Waals surface area contributed by atoms with E-state index in [0.29, 0.717) is 6.42 Å². The van der Waals surface area contributed by atoms with Crippen LogP contribution < -0.4 is 0 Å². The van der Waals surface area contributed by atoms with Crippen molar-refractivity contribution in [2.24, 2.45) is 5.92 Å². The van der Waals surface area contributed by atoms with Crippen LogP contribution in [0.1, 0.15) is 104 Å². The second-order valence-electron chi connectivity index (χ2n) is 8.13. The van der Waals surface area contributed by atoms with Gasteiger partial charge in [0.15, 0.2) is 0 Å². The fourth-order valence-corrected chi connectivity index (χ4v) is 3.04. The van der Waals surface area contributed by atoms with Gasteiger partial charge in [-0.1, -0.05) is 83.0 Å². The number of aliphatic hydroxyl groups is 3. The van der Waals surface area contributed by atoms with Gasteiger partial charge < -0.3 is 15.3 Å². The first-order valence-corrected chi connectivity index (χ1v) is 11.5. The van der Waals surface area contributed by atoms with Gasteiger partial charge in [-0.15, -0.1) is 5.92 Å². The third-order valence-electron chi connectivity index (χ3n) is 4.78. The van der Waals surface area contributed by atoms with Crippen molar-refractivity contribution < 1.29 is 15.3 Å². The van der Waals surface area contributed by atoms with Gasteiger partial charge in [-0.05, 0) is 49.9 Å². The Morgan fingerprint density at radius 3 is 1.69 bits per heavy atom. The molecule has 3 N–H and O–H groups in total. The third kappa shape index (κ3) is 22.7. The van der Waals surface area contributed by atoms with Crippen molar-refractivity contribution in [2.45, 2.75) is 116 Å². The molecule has 0 aliphatic carbocycles. The number of aliphatic hydroxyl groups excluding tert-OH is 3. The van der Waals surface area contributed by atoms with E-state index in [4.69, 9.17) is 5.11 Å². The predicted molar refractivity (Wildman–Crippen MR) is 122 cm³/mol. The average molecular weight is 403 g/mol. The zero-order valence-electron chi connectivity index (χ0n) is 18.7. The highest BCUT2D eigenvalue weighted by atomic mass is 16.3. The molecule has 2 atom stereocenters. The summed E-state index contributed by atoms with van der Waals surface area (Å²) in [6.45, 7) is 4.35. The normalized spacial score (nSPS) is 12.2. The second kappa shape index (κ2) is 21.3. The van der Waals surface area contributed by atoms with E-state index < -0.39 is 12.2 Å². The van der Waals surface area contributed by atoms with E-state index in [-0.39, 0.29) is 6.61 Å². The number of hydrogen-bond donors (Lipinski definition) is 3. The smallest absolute Gasteiger partial charge is 0.115 e. The lowest BCUT2D eigenvalue weighted by atomic mass is 10.0. The van der Waals surface area contributed by atoms with Gasteiger partial charge in [0.05, 0.1) is 0 Å². The summed E-state index contributed by atoms with van der Waals surface area (Å²) in [6.07, 6.45) is 14.0. The van der Waals surface area contributed by atoms with Gasteiger partial charge in [-0.2, -0.15) is 0 Å². The van der Waals surface area contributed by atoms with Crippen LogP contribution >= 0.6 is 0 Å². The molecule has 3 nitrogen and oxygen atoms in total. The van der Waals surface area contributed by atoms with Crippen molar-refractivity contribution in [3.63, 3.8) is 0 Å². The van der Waals surface area contributed by atoms with E-state index >= 15 is 0 Å². The predicted octanol–water partition coefficient (Wildman–Crippen LogP) is 4.83. The first-order chi connectivity index (χ1) is 14.1. The third-order valence-corrected chi connectivity index (χ3v) is 4.78. The lowest BCUT2D eigenvalue weighted by molar-refractivity contribution is 0.214. The molecule has 0 unspecified atom stereocenters. The molecule has 0 aliphatic heterocycles. The monoisotopic (exact) mass is 402 g/mol. The summed E-state index contributed by atoms with van der Waals surface area (Å²) in [5.41, 5.74) is 0. The minimum absolute atomic E-state index is 0.201. The van der Waals surface area contributed by atoms with Crippen LogP contribution in [0, 0.1) is 41.4 Å². The Labute approximate surface area is 179 Å². The summed E-state index contributed by atoms with van der Waals surface area (Å²) in [5.74, 6) is 17.0. The summed E-state index contributed by atoms with van der Waals surface area (Å²) < 4.78 is 0. The van der Waals surface area contributed by atoms with Crippen LogP contribution in [0.2, 0.25) is 0 Å². The van der Waals surface area contributed by atoms with Gasteiger partial charge in [0, 0.05) is 6.42 Å². The van der Waals surface area contributed by atoms with Crippen LogP contribution in [0.3, 0.4) is 0 Å². The number of unbranched alkanes of at least 4 members (excludes halogenated alkanes) is 9. The van der Waals surface area contributed by atoms with Crippen molar-refractivity contribution >= 4 is 0 Å². The Bertz CT molecular complexity index is 548. The summed E-state index contributed by atoms with van der Waals surface area (Å²) >= 11 is 0. The lowest BCUT2D eigenvalue weighted by Gasteiger charge is -2.05. The maximum Gasteiger partial charge on any atom is 0.115 e. The van der Waals surface area contributed by atoms with Gasteiger partial charge in [0.2, 0.25) is 0 Å². The van der Waals surface area contributed by atoms with Gasteiger partial charge in [-0.3, -0.25) is 0 Å². The molecule has 29 heavy (non-hydrogen) atoms. The Balaban J connectivity index is 3.47. The van der Waals surface area contributed by atoms with E-state index in [1.807, 2.05) is 0 Å². The van der Waals surface area contributed by atoms with Gasteiger partial charge in [0.1, 0.15) is 18.8 Å². The van der Waals surface area contributed by atoms with Crippen LogP contribution in [-0.4, -0.2) is 34.1 Å². The first-order valence-electron chi connectivity index (χ1n) is 11.5. The average Bonchev–Trinajstić information content (AvgIpc) is 2.69. The van der Waals surface area contributed by atoms with Crippen LogP contribution in [0.4, 0.5) is 0 Å². The Morgan fingerprint density at radius 2 is 1.10 bits per heavy atom. The molecule has 0 rings (SSSR count). The SMILES string of the molecule is CC(C)CCCCCCC#C[C@@H](O)CCCCCCCC[C@@H](O)C#CC#CCO. The highest BCUT2D eigenvalue weighted by Crippen LogP contribution is 2.12. The van der Waals surface area contributed by atoms with Gasteiger partial charge in [0.25, 0.3) is 0 Å². The molecule has 0 spiro atoms. The van der Waals surface area contributed by atoms with E-state index in [2.05, 4.69) is 49.4 Å². The molecule has 0 fully saturated rings. The molecule has 0 radical (unpaired) electrons. The molecule has 0 aromatic rings. The van der Waals surface area contributed by atoms with Crippen molar-refractivity contribution in [2.75, 3.05) is 6.61 Å². The van der Waals surface area contributed by atoms with Crippen LogP contribution in [0.5, 0.6) is 0 Å². The molecular formula is C26H42O3. The second-order valence-corrected chi connectivity index (χ2v) is 8.13. The van der Waals surface area contributed by atoms with Crippen molar-refractivity contribution in [1.29, 1.82) is 0 Å². The minimum atomic E-state index is -0.628. The van der Waals surface area contributed by atoms with E-state index in [0.717, 1.165) is 63.7 Å². The molecule has 0 saturated carbocycles. The van der Waals surface area contributed by atoms with E-state index in [9.17, 15) is 10.2 Å². The molecule has 0 heterocycles. The highest BCUT2D eigenvalue weighted by Gasteiger charge is 2.01. The maximum atomic E-state index is 9.92. The Kier molecular flexibility index (Phi) is 20.2. The molecule has 0 amide bonds.